The molecule has 16 heavy (non-hydrogen) atoms. The van der Waals surface area contributed by atoms with Gasteiger partial charge in [0.25, 0.3) is 0 Å². The topological polar surface area (TPSA) is 67.8 Å². The molecule has 0 radical (unpaired) electrons. The van der Waals surface area contributed by atoms with Gasteiger partial charge in [-0.1, -0.05) is 6.42 Å². The van der Waals surface area contributed by atoms with Gasteiger partial charge in [0.2, 0.25) is 0 Å². The van der Waals surface area contributed by atoms with Crippen molar-refractivity contribution in [1.82, 2.24) is 0 Å². The van der Waals surface area contributed by atoms with Crippen LogP contribution in [0.4, 0.5) is 0 Å². The zero-order valence-corrected chi connectivity index (χ0v) is 11.4. The minimum Gasteiger partial charge on any atom is -0.661 e. The van der Waals surface area contributed by atoms with Crippen molar-refractivity contribution in [1.29, 1.82) is 0 Å². The Morgan fingerprint density at radius 1 is 1.38 bits per heavy atom. The molecule has 0 aromatic rings. The summed E-state index contributed by atoms with van der Waals surface area (Å²) >= 11 is 0. The number of hydrogen-bond acceptors (Lipinski definition) is 4. The fourth-order valence-electron chi connectivity index (χ4n) is 1.96. The summed E-state index contributed by atoms with van der Waals surface area (Å²) in [4.78, 5) is 0. The largest absolute Gasteiger partial charge is 1.00 e. The van der Waals surface area contributed by atoms with Crippen LogP contribution in [0.1, 0.15) is 13.3 Å². The smallest absolute Gasteiger partial charge is 0.661 e. The Balaban J connectivity index is 0.00000128. The second-order valence-electron chi connectivity index (χ2n) is 4.04. The monoisotopic (exact) mass is 294 g/mol. The first-order chi connectivity index (χ1) is 7.26. The number of fused-ring (bicyclic) bond motifs is 2. The van der Waals surface area contributed by atoms with Gasteiger partial charge >= 0.3 is 25.9 Å². The number of hydrogen-bond donors (Lipinski definition) is 1. The summed E-state index contributed by atoms with van der Waals surface area (Å²) in [5, 5.41) is 4.28. The van der Waals surface area contributed by atoms with Crippen molar-refractivity contribution in [2.45, 2.75) is 31.6 Å². The summed E-state index contributed by atoms with van der Waals surface area (Å²) in [5.74, 6) is 0. The molecule has 2 bridgehead atoms. The van der Waals surface area contributed by atoms with Gasteiger partial charge in [-0.15, -0.1) is 13.1 Å². The summed E-state index contributed by atoms with van der Waals surface area (Å²) in [7, 11) is -2.25. The van der Waals surface area contributed by atoms with E-state index in [0.29, 0.717) is 13.2 Å². The molecular weight excluding hydrogens is 276 g/mol. The van der Waals surface area contributed by atoms with Crippen molar-refractivity contribution in [2.24, 2.45) is 5.73 Å². The standard InChI is InChI=1S/C9H19N2O3Si.Cu/c1-8-9-7-12-15(13-8,14-9)6-2-4-11-5-3-10;/h8-9H,2-7,10H2,1H3;/q-1;+1. The molecule has 7 heteroatoms. The first kappa shape index (κ1) is 14.6. The molecule has 0 spiro atoms. The fourth-order valence-corrected chi connectivity index (χ4v) is 4.98. The average molecular weight is 295 g/mol. The Bertz CT molecular complexity index is 221. The predicted molar refractivity (Wildman–Crippen MR) is 58.7 cm³/mol. The molecule has 0 aromatic heterocycles. The Hall–Kier alpha value is 0.536. The van der Waals surface area contributed by atoms with Crippen LogP contribution in [0.15, 0.2) is 0 Å². The van der Waals surface area contributed by atoms with Crippen molar-refractivity contribution >= 4 is 8.80 Å². The van der Waals surface area contributed by atoms with E-state index in [1.165, 1.54) is 0 Å². The van der Waals surface area contributed by atoms with Gasteiger partial charge in [0.15, 0.2) is 0 Å². The molecule has 2 saturated heterocycles. The Kier molecular flexibility index (Phi) is 5.90. The Labute approximate surface area is 108 Å². The summed E-state index contributed by atoms with van der Waals surface area (Å²) in [6, 6.07) is 0.891. The first-order valence-corrected chi connectivity index (χ1v) is 7.52. The molecule has 0 aromatic carbocycles. The van der Waals surface area contributed by atoms with Gasteiger partial charge in [0.05, 0.1) is 18.8 Å². The molecule has 5 nitrogen and oxygen atoms in total. The molecule has 2 fully saturated rings. The van der Waals surface area contributed by atoms with Gasteiger partial charge in [-0.2, -0.15) is 0 Å². The van der Waals surface area contributed by atoms with Crippen LogP contribution in [0, 0.1) is 0 Å². The minimum absolute atomic E-state index is 0. The van der Waals surface area contributed by atoms with E-state index in [1.807, 2.05) is 0 Å². The number of nitrogens with two attached hydrogens (primary N) is 1. The van der Waals surface area contributed by atoms with Crippen LogP contribution in [-0.2, 0) is 30.3 Å². The maximum absolute atomic E-state index is 5.81. The molecule has 2 N–H and O–H groups in total. The molecule has 0 amide bonds. The van der Waals surface area contributed by atoms with E-state index < -0.39 is 8.80 Å². The maximum Gasteiger partial charge on any atom is 1.00 e. The molecular formula is C9H19CuN2O3Si. The third kappa shape index (κ3) is 3.27. The molecule has 98 valence electrons. The van der Waals surface area contributed by atoms with Crippen molar-refractivity contribution < 1.29 is 30.3 Å². The predicted octanol–water partition coefficient (Wildman–Crippen LogP) is 0.479. The van der Waals surface area contributed by atoms with E-state index in [-0.39, 0.29) is 29.3 Å². The second-order valence-corrected chi connectivity index (χ2v) is 6.66. The molecule has 3 unspecified atom stereocenters. The Morgan fingerprint density at radius 3 is 2.75 bits per heavy atom. The zero-order chi connectivity index (χ0) is 10.7. The summed E-state index contributed by atoms with van der Waals surface area (Å²) in [6.45, 7) is 4.98. The fraction of sp³-hybridized carbons (Fsp3) is 1.00. The van der Waals surface area contributed by atoms with Gasteiger partial charge in [-0.3, -0.25) is 0 Å². The van der Waals surface area contributed by atoms with E-state index >= 15 is 0 Å². The maximum atomic E-state index is 5.81. The summed E-state index contributed by atoms with van der Waals surface area (Å²) in [6.07, 6.45) is 1.37. The van der Waals surface area contributed by atoms with Gasteiger partial charge in [0, 0.05) is 6.04 Å². The van der Waals surface area contributed by atoms with Gasteiger partial charge in [-0.25, -0.2) is 0 Å². The van der Waals surface area contributed by atoms with Crippen LogP contribution in [0.3, 0.4) is 0 Å². The zero-order valence-electron chi connectivity index (χ0n) is 9.45. The molecule has 0 saturated carbocycles. The van der Waals surface area contributed by atoms with E-state index in [2.05, 4.69) is 12.2 Å². The van der Waals surface area contributed by atoms with E-state index in [1.54, 1.807) is 0 Å². The van der Waals surface area contributed by atoms with Crippen LogP contribution in [0.25, 0.3) is 5.32 Å². The minimum atomic E-state index is -2.25. The van der Waals surface area contributed by atoms with Crippen molar-refractivity contribution in [3.05, 3.63) is 5.32 Å². The van der Waals surface area contributed by atoms with Crippen molar-refractivity contribution in [2.75, 3.05) is 26.2 Å². The van der Waals surface area contributed by atoms with Crippen LogP contribution < -0.4 is 5.73 Å². The van der Waals surface area contributed by atoms with Gasteiger partial charge in [0.1, 0.15) is 0 Å². The van der Waals surface area contributed by atoms with Gasteiger partial charge < -0.3 is 24.3 Å². The summed E-state index contributed by atoms with van der Waals surface area (Å²) in [5.41, 5.74) is 5.35. The van der Waals surface area contributed by atoms with E-state index in [4.69, 9.17) is 19.0 Å². The quantitative estimate of drug-likeness (QED) is 0.571. The van der Waals surface area contributed by atoms with Gasteiger partial charge in [-0.05, 0) is 13.5 Å². The van der Waals surface area contributed by atoms with E-state index in [9.17, 15) is 0 Å². The summed E-state index contributed by atoms with van der Waals surface area (Å²) < 4.78 is 17.2. The molecule has 2 aliphatic heterocycles. The average Bonchev–Trinajstić information content (AvgIpc) is 2.75. The normalized spacial score (nSPS) is 36.4. The first-order valence-electron chi connectivity index (χ1n) is 5.59. The Morgan fingerprint density at radius 2 is 2.19 bits per heavy atom. The SMILES string of the molecule is CC1O[Si]2(CCC[N-]CCN)OCC1O2.[Cu+]. The van der Waals surface area contributed by atoms with Crippen LogP contribution in [-0.4, -0.2) is 47.3 Å². The molecule has 2 rings (SSSR count). The second kappa shape index (κ2) is 6.46. The third-order valence-corrected chi connectivity index (χ3v) is 5.74. The van der Waals surface area contributed by atoms with Crippen LogP contribution in [0.2, 0.25) is 6.04 Å². The number of nitrogens with zero attached hydrogens (tertiary/aromatic N) is 1. The molecule has 2 aliphatic rings. The molecule has 3 atom stereocenters. The van der Waals surface area contributed by atoms with Crippen LogP contribution >= 0.6 is 0 Å². The third-order valence-electron chi connectivity index (χ3n) is 2.77. The van der Waals surface area contributed by atoms with Crippen molar-refractivity contribution in [3.63, 3.8) is 0 Å². The molecule has 0 aliphatic carbocycles. The van der Waals surface area contributed by atoms with E-state index in [0.717, 1.165) is 25.6 Å². The van der Waals surface area contributed by atoms with Crippen LogP contribution in [0.5, 0.6) is 0 Å². The number of rotatable bonds is 6. The van der Waals surface area contributed by atoms with Crippen molar-refractivity contribution in [3.8, 4) is 0 Å². The molecule has 2 heterocycles.